The van der Waals surface area contributed by atoms with Gasteiger partial charge in [0.15, 0.2) is 0 Å². The second kappa shape index (κ2) is 9.22. The van der Waals surface area contributed by atoms with Crippen molar-refractivity contribution in [2.75, 3.05) is 0 Å². The molecule has 4 aromatic rings. The van der Waals surface area contributed by atoms with Gasteiger partial charge in [-0.15, -0.1) is 12.6 Å². The molecule has 0 radical (unpaired) electrons. The van der Waals surface area contributed by atoms with Crippen LogP contribution in [0.3, 0.4) is 0 Å². The smallest absolute Gasteiger partial charge is 0.114 e. The fourth-order valence-electron chi connectivity index (χ4n) is 4.47. The van der Waals surface area contributed by atoms with Crippen molar-refractivity contribution in [2.45, 2.75) is 27.1 Å². The van der Waals surface area contributed by atoms with Crippen molar-refractivity contribution in [3.05, 3.63) is 115 Å². The summed E-state index contributed by atoms with van der Waals surface area (Å²) in [7, 11) is 0. The summed E-state index contributed by atoms with van der Waals surface area (Å²) in [6.07, 6.45) is 5.08. The first-order valence-corrected chi connectivity index (χ1v) is 11.1. The van der Waals surface area contributed by atoms with Crippen molar-refractivity contribution in [3.8, 4) is 22.3 Å². The molecule has 0 unspecified atom stereocenters. The molecule has 0 saturated carbocycles. The number of hydrogen-bond acceptors (Lipinski definition) is 0. The lowest BCUT2D eigenvalue weighted by molar-refractivity contribution is 1.43. The van der Waals surface area contributed by atoms with Crippen LogP contribution in [0, 0.1) is 13.8 Å². The van der Waals surface area contributed by atoms with E-state index in [1.807, 2.05) is 6.08 Å². The highest BCUT2D eigenvalue weighted by molar-refractivity contribution is 6.78. The number of fused-ring (bicyclic) bond motifs is 1. The van der Waals surface area contributed by atoms with Gasteiger partial charge in [-0.2, -0.15) is 0 Å². The molecular weight excluding hydrogens is 371 g/mol. The Balaban J connectivity index is 1.73. The minimum absolute atomic E-state index is 0.394. The summed E-state index contributed by atoms with van der Waals surface area (Å²) in [5, 5.41) is 2.62. The Hall–Kier alpha value is -3.32. The minimum atomic E-state index is 0.394. The van der Waals surface area contributed by atoms with E-state index in [-0.39, 0.29) is 0 Å². The van der Waals surface area contributed by atoms with E-state index in [2.05, 4.69) is 118 Å². The highest BCUT2D eigenvalue weighted by atomic mass is 14.1. The van der Waals surface area contributed by atoms with Crippen LogP contribution in [0.1, 0.15) is 18.1 Å². The number of allylic oxidation sites excluding steroid dienone is 2. The van der Waals surface area contributed by atoms with Crippen LogP contribution in [0.4, 0.5) is 0 Å². The number of rotatable bonds is 6. The van der Waals surface area contributed by atoms with Crippen LogP contribution in [0.5, 0.6) is 0 Å². The van der Waals surface area contributed by atoms with Crippen LogP contribution in [0.15, 0.2) is 104 Å². The first-order chi connectivity index (χ1) is 15.1. The Labute approximate surface area is 187 Å². The lowest BCUT2D eigenvalue weighted by Gasteiger charge is -2.15. The largest absolute Gasteiger partial charge is 0.204 e. The van der Waals surface area contributed by atoms with E-state index >= 15 is 0 Å². The Morgan fingerprint density at radius 1 is 0.806 bits per heavy atom. The Morgan fingerprint density at radius 2 is 1.55 bits per heavy atom. The van der Waals surface area contributed by atoms with Gasteiger partial charge in [-0.25, -0.2) is 0 Å². The Bertz CT molecular complexity index is 1250. The molecule has 0 spiro atoms. The molecule has 0 bridgehead atoms. The van der Waals surface area contributed by atoms with E-state index in [1.54, 1.807) is 0 Å². The lowest BCUT2D eigenvalue weighted by atomic mass is 9.43. The maximum Gasteiger partial charge on any atom is 0.204 e. The standard InChI is InChI=1S/C30H29B/c1-5-19-31(20-6-2)27-16-13-24(14-17-27)26-12-11-22(3)30(21-26)29-18-15-25-9-7-8-10-28(25)23(29)4/h5-18,20-21H,1,19H2,2-4H3/b20-6+. The Morgan fingerprint density at radius 3 is 2.29 bits per heavy atom. The second-order valence-electron chi connectivity index (χ2n) is 8.27. The van der Waals surface area contributed by atoms with Gasteiger partial charge in [0, 0.05) is 0 Å². The average Bonchev–Trinajstić information content (AvgIpc) is 2.80. The predicted octanol–water partition coefficient (Wildman–Crippen LogP) is 7.79. The van der Waals surface area contributed by atoms with E-state index in [0.29, 0.717) is 6.71 Å². The number of benzene rings is 4. The van der Waals surface area contributed by atoms with Crippen LogP contribution in [0.25, 0.3) is 33.0 Å². The second-order valence-corrected chi connectivity index (χ2v) is 8.27. The lowest BCUT2D eigenvalue weighted by Crippen LogP contribution is -2.27. The number of hydrogen-bond donors (Lipinski definition) is 0. The highest BCUT2D eigenvalue weighted by Gasteiger charge is 2.12. The molecule has 4 aromatic carbocycles. The summed E-state index contributed by atoms with van der Waals surface area (Å²) in [6.45, 7) is 10.8. The highest BCUT2D eigenvalue weighted by Crippen LogP contribution is 2.34. The van der Waals surface area contributed by atoms with E-state index in [9.17, 15) is 0 Å². The molecule has 0 fully saturated rings. The molecule has 0 atom stereocenters. The first kappa shape index (κ1) is 20.9. The van der Waals surface area contributed by atoms with Crippen molar-refractivity contribution >= 4 is 22.9 Å². The third kappa shape index (κ3) is 4.27. The van der Waals surface area contributed by atoms with E-state index < -0.39 is 0 Å². The van der Waals surface area contributed by atoms with Gasteiger partial charge in [0.05, 0.1) is 0 Å². The molecule has 0 aromatic heterocycles. The van der Waals surface area contributed by atoms with Crippen LogP contribution in [0.2, 0.25) is 6.32 Å². The summed E-state index contributed by atoms with van der Waals surface area (Å²) in [5.41, 5.74) is 9.11. The Kier molecular flexibility index (Phi) is 6.23. The fraction of sp³-hybridized carbons (Fsp3) is 0.133. The van der Waals surface area contributed by atoms with Gasteiger partial charge in [0.25, 0.3) is 0 Å². The molecule has 0 N–H and O–H groups in total. The molecule has 31 heavy (non-hydrogen) atoms. The molecule has 4 rings (SSSR count). The van der Waals surface area contributed by atoms with Crippen LogP contribution >= 0.6 is 0 Å². The zero-order valence-corrected chi connectivity index (χ0v) is 18.7. The maximum atomic E-state index is 3.91. The zero-order valence-electron chi connectivity index (χ0n) is 18.7. The average molecular weight is 400 g/mol. The summed E-state index contributed by atoms with van der Waals surface area (Å²) in [4.78, 5) is 0. The third-order valence-electron chi connectivity index (χ3n) is 6.24. The molecule has 0 amide bonds. The fourth-order valence-corrected chi connectivity index (χ4v) is 4.47. The van der Waals surface area contributed by atoms with Gasteiger partial charge in [0.1, 0.15) is 0 Å². The van der Waals surface area contributed by atoms with Gasteiger partial charge in [-0.05, 0) is 77.3 Å². The molecule has 0 aliphatic heterocycles. The van der Waals surface area contributed by atoms with Crippen molar-refractivity contribution < 1.29 is 0 Å². The molecule has 152 valence electrons. The monoisotopic (exact) mass is 400 g/mol. The molecule has 0 aliphatic rings. The summed E-state index contributed by atoms with van der Waals surface area (Å²) in [5.74, 6) is 2.25. The van der Waals surface area contributed by atoms with Gasteiger partial charge in [-0.1, -0.05) is 90.4 Å². The molecule has 0 nitrogen and oxygen atoms in total. The molecule has 1 heteroatoms. The van der Waals surface area contributed by atoms with Gasteiger partial charge >= 0.3 is 0 Å². The van der Waals surface area contributed by atoms with Crippen molar-refractivity contribution in [3.63, 3.8) is 0 Å². The summed E-state index contributed by atoms with van der Waals surface area (Å²) >= 11 is 0. The predicted molar refractivity (Wildman–Crippen MR) is 139 cm³/mol. The quantitative estimate of drug-likeness (QED) is 0.229. The SMILES string of the molecule is C=CCB(/C=C/C)c1ccc(-c2ccc(C)c(-c3ccc4ccccc4c3C)c2)cc1. The summed E-state index contributed by atoms with van der Waals surface area (Å²) < 4.78 is 0. The van der Waals surface area contributed by atoms with Crippen molar-refractivity contribution in [1.29, 1.82) is 0 Å². The molecular formula is C30H29B. The van der Waals surface area contributed by atoms with E-state index in [0.717, 1.165) is 6.32 Å². The normalized spacial score (nSPS) is 11.2. The van der Waals surface area contributed by atoms with Gasteiger partial charge in [-0.3, -0.25) is 0 Å². The first-order valence-electron chi connectivity index (χ1n) is 11.1. The van der Waals surface area contributed by atoms with E-state index in [1.165, 1.54) is 49.6 Å². The molecule has 0 aliphatic carbocycles. The topological polar surface area (TPSA) is 0 Å². The zero-order chi connectivity index (χ0) is 21.8. The van der Waals surface area contributed by atoms with Crippen LogP contribution in [-0.4, -0.2) is 6.71 Å². The van der Waals surface area contributed by atoms with Gasteiger partial charge in [0.2, 0.25) is 6.71 Å². The van der Waals surface area contributed by atoms with Crippen LogP contribution < -0.4 is 5.46 Å². The van der Waals surface area contributed by atoms with Crippen molar-refractivity contribution in [1.82, 2.24) is 0 Å². The molecule has 0 saturated heterocycles. The van der Waals surface area contributed by atoms with E-state index in [4.69, 9.17) is 0 Å². The maximum absolute atomic E-state index is 3.91. The minimum Gasteiger partial charge on any atom is -0.114 e. The van der Waals surface area contributed by atoms with Crippen molar-refractivity contribution in [2.24, 2.45) is 0 Å². The molecule has 0 heterocycles. The van der Waals surface area contributed by atoms with Gasteiger partial charge < -0.3 is 0 Å². The summed E-state index contributed by atoms with van der Waals surface area (Å²) in [6, 6.07) is 29.0. The van der Waals surface area contributed by atoms with Crippen LogP contribution in [-0.2, 0) is 0 Å². The third-order valence-corrected chi connectivity index (χ3v) is 6.24. The number of aryl methyl sites for hydroxylation is 2.